The maximum Gasteiger partial charge on any atom is 0.228 e. The minimum absolute atomic E-state index is 0.0576. The van der Waals surface area contributed by atoms with Gasteiger partial charge in [-0.3, -0.25) is 14.3 Å². The number of rotatable bonds is 5. The van der Waals surface area contributed by atoms with E-state index >= 15 is 0 Å². The van der Waals surface area contributed by atoms with Gasteiger partial charge in [0.2, 0.25) is 11.8 Å². The highest BCUT2D eigenvalue weighted by Crippen LogP contribution is 2.33. The quantitative estimate of drug-likeness (QED) is 0.740. The number of amides is 2. The van der Waals surface area contributed by atoms with Crippen molar-refractivity contribution in [3.63, 3.8) is 0 Å². The fourth-order valence-electron chi connectivity index (χ4n) is 5.57. The summed E-state index contributed by atoms with van der Waals surface area (Å²) in [5.41, 5.74) is 4.28. The second-order valence-electron chi connectivity index (χ2n) is 9.14. The second-order valence-corrected chi connectivity index (χ2v) is 9.14. The van der Waals surface area contributed by atoms with Crippen molar-refractivity contribution in [1.82, 2.24) is 14.7 Å². The first kappa shape index (κ1) is 20.2. The van der Waals surface area contributed by atoms with E-state index in [2.05, 4.69) is 0 Å². The Hall–Kier alpha value is -2.70. The molecule has 0 spiro atoms. The lowest BCUT2D eigenvalue weighted by atomic mass is 10.0. The lowest BCUT2D eigenvalue weighted by Crippen LogP contribution is -2.43. The molecule has 5 rings (SSSR count). The predicted octanol–water partition coefficient (Wildman–Crippen LogP) is 3.37. The topological polar surface area (TPSA) is 58.4 Å². The van der Waals surface area contributed by atoms with Gasteiger partial charge in [0.1, 0.15) is 5.82 Å². The number of hydrogen-bond donors (Lipinski definition) is 0. The average Bonchev–Trinajstić information content (AvgIpc) is 3.54. The molecule has 2 aromatic rings. The van der Waals surface area contributed by atoms with Crippen LogP contribution in [0.5, 0.6) is 0 Å². The van der Waals surface area contributed by atoms with Crippen molar-refractivity contribution in [1.29, 1.82) is 0 Å². The van der Waals surface area contributed by atoms with Crippen molar-refractivity contribution < 1.29 is 14.0 Å². The zero-order chi connectivity index (χ0) is 21.5. The van der Waals surface area contributed by atoms with Gasteiger partial charge in [0.15, 0.2) is 0 Å². The Morgan fingerprint density at radius 2 is 1.90 bits per heavy atom. The molecule has 164 valence electrons. The number of aryl methyl sites for hydroxylation is 1. The SMILES string of the molecule is Cn1nc(CN(C(=O)C2CC(=O)N(c3ccc(F)cc3)C2)C2CCCC2)c2c1CCC2. The lowest BCUT2D eigenvalue weighted by Gasteiger charge is -2.31. The van der Waals surface area contributed by atoms with Crippen LogP contribution in [0, 0.1) is 11.7 Å². The number of halogens is 1. The van der Waals surface area contributed by atoms with Crippen LogP contribution in [-0.4, -0.2) is 39.1 Å². The van der Waals surface area contributed by atoms with Gasteiger partial charge < -0.3 is 9.80 Å². The number of nitrogens with zero attached hydrogens (tertiary/aromatic N) is 4. The fourth-order valence-corrected chi connectivity index (χ4v) is 5.57. The van der Waals surface area contributed by atoms with Crippen molar-refractivity contribution >= 4 is 17.5 Å². The van der Waals surface area contributed by atoms with Crippen LogP contribution < -0.4 is 4.90 Å². The molecule has 1 atom stereocenters. The van der Waals surface area contributed by atoms with Gasteiger partial charge in [0.05, 0.1) is 18.2 Å². The van der Waals surface area contributed by atoms with Gasteiger partial charge in [-0.25, -0.2) is 4.39 Å². The molecule has 31 heavy (non-hydrogen) atoms. The van der Waals surface area contributed by atoms with Crippen molar-refractivity contribution in [3.05, 3.63) is 47.0 Å². The summed E-state index contributed by atoms with van der Waals surface area (Å²) in [5, 5.41) is 4.75. The van der Waals surface area contributed by atoms with Crippen LogP contribution >= 0.6 is 0 Å². The van der Waals surface area contributed by atoms with Gasteiger partial charge in [-0.1, -0.05) is 12.8 Å². The molecule has 6 nitrogen and oxygen atoms in total. The average molecular weight is 425 g/mol. The Kier molecular flexibility index (Phi) is 5.28. The van der Waals surface area contributed by atoms with E-state index in [4.69, 9.17) is 5.10 Å². The van der Waals surface area contributed by atoms with E-state index in [9.17, 15) is 14.0 Å². The molecule has 2 fully saturated rings. The van der Waals surface area contributed by atoms with Crippen molar-refractivity contribution in [2.24, 2.45) is 13.0 Å². The molecule has 1 aliphatic heterocycles. The van der Waals surface area contributed by atoms with Gasteiger partial charge in [0.25, 0.3) is 0 Å². The molecule has 1 saturated heterocycles. The Labute approximate surface area is 182 Å². The maximum atomic E-state index is 13.7. The number of carbonyl (C=O) groups excluding carboxylic acids is 2. The van der Waals surface area contributed by atoms with E-state index in [1.165, 1.54) is 23.4 Å². The zero-order valence-electron chi connectivity index (χ0n) is 18.0. The first-order valence-electron chi connectivity index (χ1n) is 11.4. The van der Waals surface area contributed by atoms with E-state index in [1.807, 2.05) is 16.6 Å². The Morgan fingerprint density at radius 1 is 1.16 bits per heavy atom. The highest BCUT2D eigenvalue weighted by atomic mass is 19.1. The first-order chi connectivity index (χ1) is 15.0. The van der Waals surface area contributed by atoms with Crippen LogP contribution in [-0.2, 0) is 36.0 Å². The summed E-state index contributed by atoms with van der Waals surface area (Å²) in [4.78, 5) is 30.0. The molecule has 1 aromatic heterocycles. The molecule has 7 heteroatoms. The van der Waals surface area contributed by atoms with E-state index < -0.39 is 0 Å². The highest BCUT2D eigenvalue weighted by molar-refractivity contribution is 6.00. The normalized spacial score (nSPS) is 21.2. The van der Waals surface area contributed by atoms with Crippen LogP contribution in [0.15, 0.2) is 24.3 Å². The largest absolute Gasteiger partial charge is 0.333 e. The van der Waals surface area contributed by atoms with Crippen molar-refractivity contribution in [2.45, 2.75) is 64.0 Å². The third kappa shape index (κ3) is 3.75. The number of hydrogen-bond acceptors (Lipinski definition) is 3. The molecular weight excluding hydrogens is 395 g/mol. The summed E-state index contributed by atoms with van der Waals surface area (Å²) >= 11 is 0. The monoisotopic (exact) mass is 424 g/mol. The van der Waals surface area contributed by atoms with Crippen LogP contribution in [0.1, 0.15) is 55.5 Å². The predicted molar refractivity (Wildman–Crippen MR) is 115 cm³/mol. The molecule has 0 radical (unpaired) electrons. The summed E-state index contributed by atoms with van der Waals surface area (Å²) < 4.78 is 15.3. The van der Waals surface area contributed by atoms with E-state index in [-0.39, 0.29) is 36.0 Å². The molecule has 1 unspecified atom stereocenters. The smallest absolute Gasteiger partial charge is 0.228 e. The van der Waals surface area contributed by atoms with Crippen LogP contribution in [0.3, 0.4) is 0 Å². The number of carbonyl (C=O) groups is 2. The van der Waals surface area contributed by atoms with Crippen LogP contribution in [0.4, 0.5) is 10.1 Å². The van der Waals surface area contributed by atoms with Gasteiger partial charge in [-0.15, -0.1) is 0 Å². The van der Waals surface area contributed by atoms with Gasteiger partial charge in [0, 0.05) is 37.4 Å². The minimum Gasteiger partial charge on any atom is -0.333 e. The number of aromatic nitrogens is 2. The van der Waals surface area contributed by atoms with E-state index in [0.717, 1.165) is 50.6 Å². The Balaban J connectivity index is 1.37. The zero-order valence-corrected chi connectivity index (χ0v) is 18.0. The molecule has 1 saturated carbocycles. The molecule has 1 aromatic carbocycles. The molecule has 0 N–H and O–H groups in total. The lowest BCUT2D eigenvalue weighted by molar-refractivity contribution is -0.138. The Morgan fingerprint density at radius 3 is 2.65 bits per heavy atom. The van der Waals surface area contributed by atoms with Gasteiger partial charge in [-0.2, -0.15) is 5.10 Å². The van der Waals surface area contributed by atoms with E-state index in [0.29, 0.717) is 18.8 Å². The molecule has 3 aliphatic rings. The summed E-state index contributed by atoms with van der Waals surface area (Å²) in [6.45, 7) is 0.890. The van der Waals surface area contributed by atoms with E-state index in [1.54, 1.807) is 17.0 Å². The number of anilines is 1. The van der Waals surface area contributed by atoms with Gasteiger partial charge in [-0.05, 0) is 61.9 Å². The third-order valence-corrected chi connectivity index (χ3v) is 7.18. The molecule has 0 bridgehead atoms. The summed E-state index contributed by atoms with van der Waals surface area (Å²) in [7, 11) is 1.99. The molecular formula is C24H29FN4O2. The third-order valence-electron chi connectivity index (χ3n) is 7.18. The van der Waals surface area contributed by atoms with Crippen LogP contribution in [0.25, 0.3) is 0 Å². The first-order valence-corrected chi connectivity index (χ1v) is 11.4. The van der Waals surface area contributed by atoms with Crippen LogP contribution in [0.2, 0.25) is 0 Å². The number of fused-ring (bicyclic) bond motifs is 1. The summed E-state index contributed by atoms with van der Waals surface area (Å²) in [6, 6.07) is 6.13. The van der Waals surface area contributed by atoms with Crippen molar-refractivity contribution in [2.75, 3.05) is 11.4 Å². The standard InChI is InChI=1S/C24H29FN4O2/c1-27-22-8-4-7-20(22)21(26-27)15-29(18-5-2-3-6-18)24(31)16-13-23(30)28(14-16)19-11-9-17(25)10-12-19/h9-12,16,18H,2-8,13-15H2,1H3. The second kappa shape index (κ2) is 8.09. The highest BCUT2D eigenvalue weighted by Gasteiger charge is 2.40. The minimum atomic E-state index is -0.366. The van der Waals surface area contributed by atoms with Gasteiger partial charge >= 0.3 is 0 Å². The molecule has 2 aliphatic carbocycles. The Bertz CT molecular complexity index is 994. The van der Waals surface area contributed by atoms with Crippen molar-refractivity contribution in [3.8, 4) is 0 Å². The summed E-state index contributed by atoms with van der Waals surface area (Å²) in [5.74, 6) is -0.717. The molecule has 2 heterocycles. The molecule has 2 amide bonds. The fraction of sp³-hybridized carbons (Fsp3) is 0.542. The summed E-state index contributed by atoms with van der Waals surface area (Å²) in [6.07, 6.45) is 7.76. The number of benzene rings is 1. The maximum absolute atomic E-state index is 13.7.